The third-order valence-electron chi connectivity index (χ3n) is 4.30. The van der Waals surface area contributed by atoms with E-state index in [4.69, 9.17) is 16.3 Å². The number of hydrogen-bond donors (Lipinski definition) is 1. The zero-order valence-electron chi connectivity index (χ0n) is 14.5. The lowest BCUT2D eigenvalue weighted by molar-refractivity contribution is -0.152. The largest absolute Gasteiger partial charge is 0.455 e. The van der Waals surface area contributed by atoms with Crippen LogP contribution in [0.2, 0.25) is 5.02 Å². The quantitative estimate of drug-likeness (QED) is 0.772. The molecule has 1 N–H and O–H groups in total. The molecule has 0 aliphatic carbocycles. The molecule has 1 aromatic carbocycles. The second-order valence-corrected chi connectivity index (χ2v) is 7.59. The molecule has 8 heteroatoms. The van der Waals surface area contributed by atoms with Gasteiger partial charge in [-0.3, -0.25) is 14.4 Å². The van der Waals surface area contributed by atoms with Gasteiger partial charge in [-0.15, -0.1) is 11.3 Å². The zero-order chi connectivity index (χ0) is 19.2. The average molecular weight is 407 g/mol. The van der Waals surface area contributed by atoms with Gasteiger partial charge in [-0.2, -0.15) is 0 Å². The highest BCUT2D eigenvalue weighted by Crippen LogP contribution is 2.22. The molecule has 27 heavy (non-hydrogen) atoms. The first kappa shape index (κ1) is 19.4. The molecule has 142 valence electrons. The Morgan fingerprint density at radius 3 is 2.63 bits per heavy atom. The highest BCUT2D eigenvalue weighted by atomic mass is 35.5. The summed E-state index contributed by atoms with van der Waals surface area (Å²) in [6.07, 6.45) is 1.07. The molecule has 0 radical (unpaired) electrons. The lowest BCUT2D eigenvalue weighted by Crippen LogP contribution is -2.40. The minimum atomic E-state index is -0.420. The van der Waals surface area contributed by atoms with E-state index in [1.54, 1.807) is 35.2 Å². The Kier molecular flexibility index (Phi) is 6.47. The summed E-state index contributed by atoms with van der Waals surface area (Å²) in [7, 11) is 0. The fraction of sp³-hybridized carbons (Fsp3) is 0.316. The molecule has 6 nitrogen and oxygen atoms in total. The van der Waals surface area contributed by atoms with Crippen LogP contribution in [0.5, 0.6) is 0 Å². The van der Waals surface area contributed by atoms with E-state index in [0.717, 1.165) is 0 Å². The van der Waals surface area contributed by atoms with Crippen molar-refractivity contribution in [1.82, 2.24) is 4.90 Å². The van der Waals surface area contributed by atoms with Crippen LogP contribution in [0.25, 0.3) is 0 Å². The van der Waals surface area contributed by atoms with Gasteiger partial charge in [0, 0.05) is 23.8 Å². The van der Waals surface area contributed by atoms with Crippen LogP contribution in [0.1, 0.15) is 22.5 Å². The number of piperidine rings is 1. The van der Waals surface area contributed by atoms with Crippen LogP contribution < -0.4 is 5.32 Å². The molecule has 2 aromatic rings. The Balaban J connectivity index is 1.41. The number of benzene rings is 1. The minimum absolute atomic E-state index is 0.00211. The van der Waals surface area contributed by atoms with Crippen LogP contribution in [0.4, 0.5) is 5.69 Å². The van der Waals surface area contributed by atoms with Gasteiger partial charge in [0.25, 0.3) is 11.8 Å². The van der Waals surface area contributed by atoms with E-state index < -0.39 is 11.9 Å². The van der Waals surface area contributed by atoms with Crippen LogP contribution in [0.15, 0.2) is 41.8 Å². The summed E-state index contributed by atoms with van der Waals surface area (Å²) in [5.74, 6) is -1.12. The van der Waals surface area contributed by atoms with Gasteiger partial charge >= 0.3 is 5.97 Å². The zero-order valence-corrected chi connectivity index (χ0v) is 16.1. The normalized spacial score (nSPS) is 14.6. The SMILES string of the molecule is O=C(COC(=O)C1CCN(C(=O)c2cccs2)CC1)Nc1cccc(Cl)c1. The first-order valence-corrected chi connectivity index (χ1v) is 9.83. The Hall–Kier alpha value is -2.38. The predicted molar refractivity (Wildman–Crippen MR) is 104 cm³/mol. The minimum Gasteiger partial charge on any atom is -0.455 e. The highest BCUT2D eigenvalue weighted by Gasteiger charge is 2.29. The van der Waals surface area contributed by atoms with Crippen molar-refractivity contribution in [3.05, 3.63) is 51.7 Å². The van der Waals surface area contributed by atoms with E-state index in [0.29, 0.717) is 41.5 Å². The number of amides is 2. The molecule has 2 heterocycles. The number of halogens is 1. The van der Waals surface area contributed by atoms with Crippen molar-refractivity contribution in [2.45, 2.75) is 12.8 Å². The summed E-state index contributed by atoms with van der Waals surface area (Å²) in [5, 5.41) is 5.00. The number of esters is 1. The van der Waals surface area contributed by atoms with Gasteiger partial charge in [-0.05, 0) is 42.5 Å². The molecule has 1 aromatic heterocycles. The first-order chi connectivity index (χ1) is 13.0. The second-order valence-electron chi connectivity index (χ2n) is 6.21. The molecule has 0 bridgehead atoms. The molecule has 0 spiro atoms. The number of carbonyl (C=O) groups excluding carboxylic acids is 3. The van der Waals surface area contributed by atoms with Crippen LogP contribution in [0.3, 0.4) is 0 Å². The first-order valence-electron chi connectivity index (χ1n) is 8.58. The molecule has 1 saturated heterocycles. The monoisotopic (exact) mass is 406 g/mol. The summed E-state index contributed by atoms with van der Waals surface area (Å²) in [6.45, 7) is 0.663. The number of nitrogens with zero attached hydrogens (tertiary/aromatic N) is 1. The van der Waals surface area contributed by atoms with Gasteiger partial charge in [-0.1, -0.05) is 23.7 Å². The Labute approximate surface area is 166 Å². The Morgan fingerprint density at radius 1 is 1.19 bits per heavy atom. The summed E-state index contributed by atoms with van der Waals surface area (Å²) in [5.41, 5.74) is 0.545. The molecule has 1 fully saturated rings. The smallest absolute Gasteiger partial charge is 0.309 e. The van der Waals surface area contributed by atoms with E-state index >= 15 is 0 Å². The van der Waals surface area contributed by atoms with E-state index in [9.17, 15) is 14.4 Å². The van der Waals surface area contributed by atoms with E-state index in [-0.39, 0.29) is 18.4 Å². The number of likely N-dealkylation sites (tertiary alicyclic amines) is 1. The molecule has 1 aliphatic heterocycles. The molecular weight excluding hydrogens is 388 g/mol. The van der Waals surface area contributed by atoms with E-state index in [2.05, 4.69) is 5.32 Å². The molecule has 0 atom stereocenters. The van der Waals surface area contributed by atoms with Crippen LogP contribution >= 0.6 is 22.9 Å². The lowest BCUT2D eigenvalue weighted by atomic mass is 9.97. The number of ether oxygens (including phenoxy) is 1. The van der Waals surface area contributed by atoms with Gasteiger partial charge in [0.1, 0.15) is 0 Å². The molecule has 1 aliphatic rings. The van der Waals surface area contributed by atoms with Crippen molar-refractivity contribution in [1.29, 1.82) is 0 Å². The number of anilines is 1. The van der Waals surface area contributed by atoms with Gasteiger partial charge in [0.05, 0.1) is 10.8 Å². The van der Waals surface area contributed by atoms with Crippen LogP contribution in [-0.2, 0) is 14.3 Å². The third-order valence-corrected chi connectivity index (χ3v) is 5.39. The van der Waals surface area contributed by atoms with Crippen molar-refractivity contribution in [2.75, 3.05) is 25.0 Å². The Bertz CT molecular complexity index is 817. The maximum Gasteiger partial charge on any atom is 0.309 e. The van der Waals surface area contributed by atoms with Crippen molar-refractivity contribution in [3.63, 3.8) is 0 Å². The highest BCUT2D eigenvalue weighted by molar-refractivity contribution is 7.12. The standard InChI is InChI=1S/C19H19ClN2O4S/c20-14-3-1-4-15(11-14)21-17(23)12-26-19(25)13-6-8-22(9-7-13)18(24)16-5-2-10-27-16/h1-5,10-11,13H,6-9,12H2,(H,21,23). The maximum absolute atomic E-state index is 12.3. The second kappa shape index (κ2) is 9.01. The summed E-state index contributed by atoms with van der Waals surface area (Å²) >= 11 is 7.27. The number of nitrogens with one attached hydrogen (secondary N) is 1. The van der Waals surface area contributed by atoms with Crippen molar-refractivity contribution >= 4 is 46.4 Å². The van der Waals surface area contributed by atoms with Gasteiger partial charge < -0.3 is 15.0 Å². The molecule has 0 unspecified atom stereocenters. The van der Waals surface area contributed by atoms with Crippen LogP contribution in [-0.4, -0.2) is 42.4 Å². The molecular formula is C19H19ClN2O4S. The van der Waals surface area contributed by atoms with E-state index in [1.165, 1.54) is 11.3 Å². The third kappa shape index (κ3) is 5.30. The number of thiophene rings is 1. The number of rotatable bonds is 5. The summed E-state index contributed by atoms with van der Waals surface area (Å²) < 4.78 is 5.13. The number of carbonyl (C=O) groups is 3. The van der Waals surface area contributed by atoms with Crippen molar-refractivity contribution in [3.8, 4) is 0 Å². The number of hydrogen-bond acceptors (Lipinski definition) is 5. The fourth-order valence-electron chi connectivity index (χ4n) is 2.89. The lowest BCUT2D eigenvalue weighted by Gasteiger charge is -2.30. The molecule has 2 amide bonds. The Morgan fingerprint density at radius 2 is 1.96 bits per heavy atom. The maximum atomic E-state index is 12.3. The van der Waals surface area contributed by atoms with Crippen LogP contribution in [0, 0.1) is 5.92 Å². The summed E-state index contributed by atoms with van der Waals surface area (Å²) in [4.78, 5) is 38.9. The van der Waals surface area contributed by atoms with Crippen molar-refractivity contribution < 1.29 is 19.1 Å². The topological polar surface area (TPSA) is 75.7 Å². The molecule has 0 saturated carbocycles. The van der Waals surface area contributed by atoms with Gasteiger partial charge in [0.2, 0.25) is 0 Å². The van der Waals surface area contributed by atoms with Crippen molar-refractivity contribution in [2.24, 2.45) is 5.92 Å². The van der Waals surface area contributed by atoms with Gasteiger partial charge in [0.15, 0.2) is 6.61 Å². The molecule has 3 rings (SSSR count). The van der Waals surface area contributed by atoms with Gasteiger partial charge in [-0.25, -0.2) is 0 Å². The average Bonchev–Trinajstić information content (AvgIpc) is 3.20. The summed E-state index contributed by atoms with van der Waals surface area (Å²) in [6, 6.07) is 10.4. The predicted octanol–water partition coefficient (Wildman–Crippen LogP) is 3.44. The van der Waals surface area contributed by atoms with E-state index in [1.807, 2.05) is 11.4 Å². The fourth-order valence-corrected chi connectivity index (χ4v) is 3.77.